The quantitative estimate of drug-likeness (QED) is 0.257. The maximum atomic E-state index is 13.3. The Balaban J connectivity index is 1.26. The second-order valence-electron chi connectivity index (χ2n) is 9.23. The van der Waals surface area contributed by atoms with E-state index in [1.807, 2.05) is 48.5 Å². The van der Waals surface area contributed by atoms with Crippen molar-refractivity contribution in [3.63, 3.8) is 0 Å². The summed E-state index contributed by atoms with van der Waals surface area (Å²) in [5.41, 5.74) is 3.93. The van der Waals surface area contributed by atoms with E-state index in [2.05, 4.69) is 44.5 Å². The van der Waals surface area contributed by atoms with Crippen LogP contribution in [0.25, 0.3) is 0 Å². The van der Waals surface area contributed by atoms with Crippen LogP contribution in [-0.2, 0) is 37.1 Å². The summed E-state index contributed by atoms with van der Waals surface area (Å²) in [5, 5.41) is 16.2. The molecule has 2 amide bonds. The first-order valence-corrected chi connectivity index (χ1v) is 14.8. The normalized spacial score (nSPS) is 12.7. The Morgan fingerprint density at radius 1 is 0.974 bits per heavy atom. The second-order valence-corrected chi connectivity index (χ2v) is 11.3. The molecule has 2 N–H and O–H groups in total. The largest absolute Gasteiger partial charge is 0.348 e. The number of aromatic nitrogens is 3. The number of fused-ring (bicyclic) bond motifs is 1. The van der Waals surface area contributed by atoms with Crippen molar-refractivity contribution in [2.75, 3.05) is 11.1 Å². The van der Waals surface area contributed by atoms with Crippen molar-refractivity contribution >= 4 is 39.9 Å². The fraction of sp³-hybridized carbons (Fsp3) is 0.310. The molecule has 0 unspecified atom stereocenters. The van der Waals surface area contributed by atoms with Gasteiger partial charge in [0, 0.05) is 24.4 Å². The Labute approximate surface area is 231 Å². The molecule has 0 aliphatic heterocycles. The molecule has 7 nitrogen and oxygen atoms in total. The first-order chi connectivity index (χ1) is 18.6. The van der Waals surface area contributed by atoms with Gasteiger partial charge in [-0.15, -0.1) is 21.5 Å². The fourth-order valence-electron chi connectivity index (χ4n) is 4.71. The molecule has 38 heavy (non-hydrogen) atoms. The lowest BCUT2D eigenvalue weighted by Gasteiger charge is -2.13. The number of thiophene rings is 1. The van der Waals surface area contributed by atoms with Crippen LogP contribution >= 0.6 is 23.1 Å². The summed E-state index contributed by atoms with van der Waals surface area (Å²) in [4.78, 5) is 27.5. The molecular weight excluding hydrogens is 514 g/mol. The van der Waals surface area contributed by atoms with E-state index in [-0.39, 0.29) is 17.6 Å². The van der Waals surface area contributed by atoms with Gasteiger partial charge >= 0.3 is 0 Å². The van der Waals surface area contributed by atoms with Gasteiger partial charge in [0.05, 0.1) is 11.3 Å². The predicted molar refractivity (Wildman–Crippen MR) is 153 cm³/mol. The molecule has 0 radical (unpaired) electrons. The zero-order valence-corrected chi connectivity index (χ0v) is 23.0. The third-order valence-electron chi connectivity index (χ3n) is 6.59. The van der Waals surface area contributed by atoms with Crippen molar-refractivity contribution in [1.82, 2.24) is 20.1 Å². The number of carbonyl (C=O) groups is 2. The summed E-state index contributed by atoms with van der Waals surface area (Å²) in [6, 6.07) is 20.0. The van der Waals surface area contributed by atoms with Crippen molar-refractivity contribution in [2.45, 2.75) is 57.3 Å². The second kappa shape index (κ2) is 12.4. The zero-order chi connectivity index (χ0) is 26.3. The highest BCUT2D eigenvalue weighted by atomic mass is 32.2. The van der Waals surface area contributed by atoms with Gasteiger partial charge in [-0.3, -0.25) is 9.59 Å². The van der Waals surface area contributed by atoms with Crippen LogP contribution in [0.3, 0.4) is 0 Å². The van der Waals surface area contributed by atoms with Crippen molar-refractivity contribution in [3.05, 3.63) is 93.6 Å². The van der Waals surface area contributed by atoms with E-state index in [0.29, 0.717) is 23.5 Å². The minimum absolute atomic E-state index is 0.132. The highest BCUT2D eigenvalue weighted by Gasteiger charge is 2.26. The Morgan fingerprint density at radius 2 is 1.68 bits per heavy atom. The average molecular weight is 546 g/mol. The summed E-state index contributed by atoms with van der Waals surface area (Å²) in [6.45, 7) is 3.23. The Bertz CT molecular complexity index is 1400. The zero-order valence-electron chi connectivity index (χ0n) is 21.4. The molecule has 5 rings (SSSR count). The Morgan fingerprint density at radius 3 is 2.42 bits per heavy atom. The topological polar surface area (TPSA) is 88.9 Å². The van der Waals surface area contributed by atoms with Crippen LogP contribution in [0.1, 0.15) is 57.5 Å². The molecular formula is C29H31N5O2S2. The smallest absolute Gasteiger partial charge is 0.254 e. The standard InChI is InChI=1S/C29H31N5O2S2/c1-2-34-24(17-20-11-5-3-6-12-20)32-33-29(34)37-19-25(35)31-28-26(22-15-9-10-16-23(22)38-28)27(36)30-18-21-13-7-4-8-14-21/h3-8,11-14H,2,9-10,15-19H2,1H3,(H,30,36)(H,31,35). The molecule has 4 aromatic rings. The number of nitrogens with one attached hydrogen (secondary N) is 2. The molecule has 9 heteroatoms. The van der Waals surface area contributed by atoms with E-state index >= 15 is 0 Å². The molecule has 2 aromatic heterocycles. The number of nitrogens with zero attached hydrogens (tertiary/aromatic N) is 3. The van der Waals surface area contributed by atoms with Crippen LogP contribution in [0.2, 0.25) is 0 Å². The van der Waals surface area contributed by atoms with Gasteiger partial charge in [-0.05, 0) is 49.3 Å². The van der Waals surface area contributed by atoms with E-state index in [0.717, 1.165) is 54.3 Å². The number of amides is 2. The molecule has 1 aliphatic carbocycles. The lowest BCUT2D eigenvalue weighted by molar-refractivity contribution is -0.113. The van der Waals surface area contributed by atoms with Gasteiger partial charge in [0.2, 0.25) is 5.91 Å². The van der Waals surface area contributed by atoms with Crippen molar-refractivity contribution in [2.24, 2.45) is 0 Å². The van der Waals surface area contributed by atoms with Gasteiger partial charge in [-0.2, -0.15) is 0 Å². The number of rotatable bonds is 10. The predicted octanol–water partition coefficient (Wildman–Crippen LogP) is 5.49. The highest BCUT2D eigenvalue weighted by molar-refractivity contribution is 7.99. The Kier molecular flexibility index (Phi) is 8.55. The number of anilines is 1. The maximum absolute atomic E-state index is 13.3. The molecule has 0 bridgehead atoms. The van der Waals surface area contributed by atoms with Crippen molar-refractivity contribution in [3.8, 4) is 0 Å². The fourth-order valence-corrected chi connectivity index (χ4v) is 6.83. The summed E-state index contributed by atoms with van der Waals surface area (Å²) >= 11 is 2.91. The summed E-state index contributed by atoms with van der Waals surface area (Å²) in [7, 11) is 0. The lowest BCUT2D eigenvalue weighted by atomic mass is 9.95. The molecule has 196 valence electrons. The third kappa shape index (κ3) is 6.16. The van der Waals surface area contributed by atoms with Crippen LogP contribution < -0.4 is 10.6 Å². The minimum Gasteiger partial charge on any atom is -0.348 e. The van der Waals surface area contributed by atoms with Gasteiger partial charge in [0.15, 0.2) is 5.16 Å². The van der Waals surface area contributed by atoms with Gasteiger partial charge < -0.3 is 15.2 Å². The van der Waals surface area contributed by atoms with Gasteiger partial charge in [-0.25, -0.2) is 0 Å². The number of aryl methyl sites for hydroxylation is 1. The molecule has 0 fully saturated rings. The van der Waals surface area contributed by atoms with Gasteiger partial charge in [-0.1, -0.05) is 72.4 Å². The van der Waals surface area contributed by atoms with E-state index < -0.39 is 0 Å². The summed E-state index contributed by atoms with van der Waals surface area (Å²) in [5.74, 6) is 0.787. The molecule has 2 aromatic carbocycles. The average Bonchev–Trinajstić information content (AvgIpc) is 3.51. The number of benzene rings is 2. The van der Waals surface area contributed by atoms with Crippen LogP contribution in [0.5, 0.6) is 0 Å². The van der Waals surface area contributed by atoms with Gasteiger partial charge in [0.25, 0.3) is 5.91 Å². The molecule has 0 spiro atoms. The number of hydrogen-bond acceptors (Lipinski definition) is 6. The third-order valence-corrected chi connectivity index (χ3v) is 8.77. The summed E-state index contributed by atoms with van der Waals surface area (Å²) < 4.78 is 2.05. The van der Waals surface area contributed by atoms with Crippen LogP contribution in [0.15, 0.2) is 65.8 Å². The first-order valence-electron chi connectivity index (χ1n) is 13.0. The number of hydrogen-bond donors (Lipinski definition) is 2. The number of thioether (sulfide) groups is 1. The van der Waals surface area contributed by atoms with Crippen LogP contribution in [0, 0.1) is 0 Å². The van der Waals surface area contributed by atoms with Crippen LogP contribution in [0.4, 0.5) is 5.00 Å². The SMILES string of the molecule is CCn1c(Cc2ccccc2)nnc1SCC(=O)Nc1sc2c(c1C(=O)NCc1ccccc1)CCCC2. The summed E-state index contributed by atoms with van der Waals surface area (Å²) in [6.07, 6.45) is 4.68. The first kappa shape index (κ1) is 26.2. The van der Waals surface area contributed by atoms with E-state index in [9.17, 15) is 9.59 Å². The van der Waals surface area contributed by atoms with Crippen LogP contribution in [-0.4, -0.2) is 32.3 Å². The number of carbonyl (C=O) groups excluding carboxylic acids is 2. The van der Waals surface area contributed by atoms with Crippen molar-refractivity contribution in [1.29, 1.82) is 0 Å². The van der Waals surface area contributed by atoms with Crippen molar-refractivity contribution < 1.29 is 9.59 Å². The highest BCUT2D eigenvalue weighted by Crippen LogP contribution is 2.38. The molecule has 0 saturated carbocycles. The monoisotopic (exact) mass is 545 g/mol. The molecule has 1 aliphatic rings. The molecule has 0 saturated heterocycles. The van der Waals surface area contributed by atoms with Gasteiger partial charge in [0.1, 0.15) is 10.8 Å². The minimum atomic E-state index is -0.152. The Hall–Kier alpha value is -3.43. The van der Waals surface area contributed by atoms with E-state index in [4.69, 9.17) is 0 Å². The lowest BCUT2D eigenvalue weighted by Crippen LogP contribution is -2.25. The molecule has 2 heterocycles. The maximum Gasteiger partial charge on any atom is 0.254 e. The van der Waals surface area contributed by atoms with E-state index in [1.54, 1.807) is 0 Å². The van der Waals surface area contributed by atoms with E-state index in [1.165, 1.54) is 33.5 Å². The molecule has 0 atom stereocenters.